The molecular weight excluding hydrogens is 368 g/mol. The van der Waals surface area contributed by atoms with Gasteiger partial charge in [0.15, 0.2) is 11.5 Å². The summed E-state index contributed by atoms with van der Waals surface area (Å²) in [6.45, 7) is 4.89. The van der Waals surface area contributed by atoms with Gasteiger partial charge in [0.2, 0.25) is 5.91 Å². The minimum atomic E-state index is -0.316. The number of hydrogen-bond acceptors (Lipinski definition) is 4. The first-order chi connectivity index (χ1) is 14.1. The maximum absolute atomic E-state index is 12.4. The van der Waals surface area contributed by atoms with Crippen molar-refractivity contribution in [1.82, 2.24) is 5.32 Å². The van der Waals surface area contributed by atoms with Gasteiger partial charge < -0.3 is 20.1 Å². The molecule has 1 saturated carbocycles. The van der Waals surface area contributed by atoms with E-state index in [0.717, 1.165) is 18.4 Å². The molecule has 2 aromatic rings. The van der Waals surface area contributed by atoms with Gasteiger partial charge in [-0.2, -0.15) is 0 Å². The third-order valence-electron chi connectivity index (χ3n) is 4.34. The summed E-state index contributed by atoms with van der Waals surface area (Å²) in [6.07, 6.45) is 5.14. The first kappa shape index (κ1) is 20.5. The molecule has 2 amide bonds. The lowest BCUT2D eigenvalue weighted by Crippen LogP contribution is -2.26. The van der Waals surface area contributed by atoms with Crippen molar-refractivity contribution in [2.45, 2.75) is 32.7 Å². The van der Waals surface area contributed by atoms with Crippen molar-refractivity contribution in [3.8, 4) is 11.5 Å². The van der Waals surface area contributed by atoms with Crippen LogP contribution in [0.2, 0.25) is 0 Å². The van der Waals surface area contributed by atoms with Gasteiger partial charge in [-0.25, -0.2) is 0 Å². The van der Waals surface area contributed by atoms with Crippen molar-refractivity contribution in [3.05, 3.63) is 59.7 Å². The van der Waals surface area contributed by atoms with Crippen molar-refractivity contribution in [3.63, 3.8) is 0 Å². The van der Waals surface area contributed by atoms with Gasteiger partial charge in [-0.1, -0.05) is 18.2 Å². The number of carbonyl (C=O) groups is 2. The van der Waals surface area contributed by atoms with Crippen LogP contribution in [0.1, 0.15) is 42.6 Å². The molecular formula is C23H26N2O4. The molecule has 1 fully saturated rings. The van der Waals surface area contributed by atoms with Crippen molar-refractivity contribution < 1.29 is 19.1 Å². The second-order valence-corrected chi connectivity index (χ2v) is 6.69. The van der Waals surface area contributed by atoms with Gasteiger partial charge >= 0.3 is 0 Å². The molecule has 6 heteroatoms. The maximum Gasteiger partial charge on any atom is 0.253 e. The number of nitrogens with one attached hydrogen (secondary N) is 2. The van der Waals surface area contributed by atoms with Gasteiger partial charge in [-0.15, -0.1) is 0 Å². The Morgan fingerprint density at radius 1 is 1.03 bits per heavy atom. The highest BCUT2D eigenvalue weighted by molar-refractivity contribution is 6.07. The van der Waals surface area contributed by atoms with Gasteiger partial charge in [-0.05, 0) is 62.6 Å². The van der Waals surface area contributed by atoms with Gasteiger partial charge in [0.25, 0.3) is 5.91 Å². The predicted molar refractivity (Wildman–Crippen MR) is 113 cm³/mol. The molecule has 152 valence electrons. The molecule has 29 heavy (non-hydrogen) atoms. The van der Waals surface area contributed by atoms with Crippen molar-refractivity contribution in [2.75, 3.05) is 18.5 Å². The van der Waals surface area contributed by atoms with Crippen molar-refractivity contribution >= 4 is 23.6 Å². The Hall–Kier alpha value is -3.28. The van der Waals surface area contributed by atoms with Crippen LogP contribution in [0, 0.1) is 0 Å². The molecule has 0 aromatic heterocycles. The highest BCUT2D eigenvalue weighted by Gasteiger charge is 2.24. The Bertz CT molecular complexity index is 904. The van der Waals surface area contributed by atoms with Crippen LogP contribution < -0.4 is 20.1 Å². The summed E-state index contributed by atoms with van der Waals surface area (Å²) in [7, 11) is 0. The van der Waals surface area contributed by atoms with Gasteiger partial charge in [0.05, 0.1) is 24.5 Å². The van der Waals surface area contributed by atoms with E-state index in [1.807, 2.05) is 32.0 Å². The topological polar surface area (TPSA) is 76.7 Å². The fourth-order valence-corrected chi connectivity index (χ4v) is 2.80. The minimum Gasteiger partial charge on any atom is -0.490 e. The zero-order valence-corrected chi connectivity index (χ0v) is 16.7. The SMILES string of the molecule is CCOc1ccc(/C=C/C(=O)Nc2ccccc2C(=O)NC2CC2)cc1OCC. The summed E-state index contributed by atoms with van der Waals surface area (Å²) in [6, 6.07) is 12.8. The average molecular weight is 394 g/mol. The Labute approximate surface area is 170 Å². The van der Waals surface area contributed by atoms with E-state index in [4.69, 9.17) is 9.47 Å². The Balaban J connectivity index is 1.68. The molecule has 1 aliphatic rings. The van der Waals surface area contributed by atoms with E-state index in [9.17, 15) is 9.59 Å². The molecule has 1 aliphatic carbocycles. The quantitative estimate of drug-likeness (QED) is 0.630. The van der Waals surface area contributed by atoms with Crippen molar-refractivity contribution in [1.29, 1.82) is 0 Å². The smallest absolute Gasteiger partial charge is 0.253 e. The molecule has 3 rings (SSSR count). The van der Waals surface area contributed by atoms with E-state index in [1.165, 1.54) is 6.08 Å². The van der Waals surface area contributed by atoms with E-state index < -0.39 is 0 Å². The molecule has 0 heterocycles. The predicted octanol–water partition coefficient (Wildman–Crippen LogP) is 4.03. The monoisotopic (exact) mass is 394 g/mol. The number of anilines is 1. The first-order valence-electron chi connectivity index (χ1n) is 9.89. The number of benzene rings is 2. The van der Waals surface area contributed by atoms with Gasteiger partial charge in [0, 0.05) is 12.1 Å². The highest BCUT2D eigenvalue weighted by atomic mass is 16.5. The number of hydrogen-bond donors (Lipinski definition) is 2. The zero-order chi connectivity index (χ0) is 20.6. The number of carbonyl (C=O) groups excluding carboxylic acids is 2. The Morgan fingerprint density at radius 2 is 1.76 bits per heavy atom. The van der Waals surface area contributed by atoms with Gasteiger partial charge in [0.1, 0.15) is 0 Å². The second kappa shape index (κ2) is 9.78. The minimum absolute atomic E-state index is 0.166. The summed E-state index contributed by atoms with van der Waals surface area (Å²) in [5, 5.41) is 5.73. The summed E-state index contributed by atoms with van der Waals surface area (Å²) in [5.74, 6) is 0.828. The summed E-state index contributed by atoms with van der Waals surface area (Å²) in [5.41, 5.74) is 1.76. The van der Waals surface area contributed by atoms with E-state index in [0.29, 0.717) is 36.0 Å². The normalized spacial score (nSPS) is 13.2. The van der Waals surface area contributed by atoms with E-state index in [-0.39, 0.29) is 17.9 Å². The summed E-state index contributed by atoms with van der Waals surface area (Å²) < 4.78 is 11.2. The molecule has 0 radical (unpaired) electrons. The second-order valence-electron chi connectivity index (χ2n) is 6.69. The molecule has 0 unspecified atom stereocenters. The number of amides is 2. The molecule has 0 aliphatic heterocycles. The molecule has 6 nitrogen and oxygen atoms in total. The van der Waals surface area contributed by atoms with Crippen LogP contribution in [0.3, 0.4) is 0 Å². The van der Waals surface area contributed by atoms with Crippen LogP contribution in [0.15, 0.2) is 48.5 Å². The standard InChI is InChI=1S/C23H26N2O4/c1-3-28-20-13-9-16(15-21(20)29-4-2)10-14-22(26)25-19-8-6-5-7-18(19)23(27)24-17-11-12-17/h5-10,13-15,17H,3-4,11-12H2,1-2H3,(H,24,27)(H,25,26)/b14-10+. The number of ether oxygens (including phenoxy) is 2. The molecule has 2 aromatic carbocycles. The summed E-state index contributed by atoms with van der Waals surface area (Å²) in [4.78, 5) is 24.7. The fourth-order valence-electron chi connectivity index (χ4n) is 2.80. The number of para-hydroxylation sites is 1. The average Bonchev–Trinajstić information content (AvgIpc) is 3.53. The number of rotatable bonds is 9. The van der Waals surface area contributed by atoms with Crippen molar-refractivity contribution in [2.24, 2.45) is 0 Å². The lowest BCUT2D eigenvalue weighted by Gasteiger charge is -2.11. The summed E-state index contributed by atoms with van der Waals surface area (Å²) >= 11 is 0. The Morgan fingerprint density at radius 3 is 2.48 bits per heavy atom. The maximum atomic E-state index is 12.4. The van der Waals surface area contributed by atoms with Crippen LogP contribution >= 0.6 is 0 Å². The van der Waals surface area contributed by atoms with Crippen LogP contribution in [-0.2, 0) is 4.79 Å². The first-order valence-corrected chi connectivity index (χ1v) is 9.89. The van der Waals surface area contributed by atoms with Gasteiger partial charge in [-0.3, -0.25) is 9.59 Å². The van der Waals surface area contributed by atoms with Crippen LogP contribution in [0.25, 0.3) is 6.08 Å². The van der Waals surface area contributed by atoms with E-state index in [1.54, 1.807) is 30.3 Å². The molecule has 0 bridgehead atoms. The highest BCUT2D eigenvalue weighted by Crippen LogP contribution is 2.29. The third kappa shape index (κ3) is 5.85. The molecule has 0 atom stereocenters. The third-order valence-corrected chi connectivity index (χ3v) is 4.34. The largest absolute Gasteiger partial charge is 0.490 e. The molecule has 2 N–H and O–H groups in total. The van der Waals surface area contributed by atoms with Crippen LogP contribution in [-0.4, -0.2) is 31.1 Å². The lowest BCUT2D eigenvalue weighted by atomic mass is 10.1. The lowest BCUT2D eigenvalue weighted by molar-refractivity contribution is -0.111. The van der Waals surface area contributed by atoms with E-state index in [2.05, 4.69) is 10.6 Å². The van der Waals surface area contributed by atoms with Crippen LogP contribution in [0.5, 0.6) is 11.5 Å². The van der Waals surface area contributed by atoms with Crippen LogP contribution in [0.4, 0.5) is 5.69 Å². The zero-order valence-electron chi connectivity index (χ0n) is 16.7. The fraction of sp³-hybridized carbons (Fsp3) is 0.304. The Kier molecular flexibility index (Phi) is 6.89. The van der Waals surface area contributed by atoms with E-state index >= 15 is 0 Å². The molecule has 0 saturated heterocycles. The molecule has 0 spiro atoms.